The van der Waals surface area contributed by atoms with Crippen LogP contribution in [0.15, 0.2) is 22.8 Å². The highest BCUT2D eigenvalue weighted by Crippen LogP contribution is 2.32. The number of rotatable bonds is 6. The van der Waals surface area contributed by atoms with Crippen molar-refractivity contribution < 1.29 is 14.0 Å². The fourth-order valence-corrected chi connectivity index (χ4v) is 3.34. The minimum atomic E-state index is -0.0964. The predicted molar refractivity (Wildman–Crippen MR) is 90.2 cm³/mol. The van der Waals surface area contributed by atoms with Gasteiger partial charge in [0.05, 0.1) is 18.2 Å². The summed E-state index contributed by atoms with van der Waals surface area (Å²) in [5.41, 5.74) is 0. The molecule has 0 aromatic carbocycles. The van der Waals surface area contributed by atoms with E-state index in [-0.39, 0.29) is 29.7 Å². The molecule has 24 heavy (non-hydrogen) atoms. The topological polar surface area (TPSA) is 65.8 Å². The van der Waals surface area contributed by atoms with Crippen LogP contribution in [-0.2, 0) is 9.59 Å². The number of amides is 2. The largest absolute Gasteiger partial charge is 0.468 e. The number of hydrogen-bond acceptors (Lipinski definition) is 4. The van der Waals surface area contributed by atoms with Crippen LogP contribution in [0.5, 0.6) is 0 Å². The van der Waals surface area contributed by atoms with Gasteiger partial charge in [-0.2, -0.15) is 0 Å². The number of hydrogen-bond donors (Lipinski definition) is 1. The van der Waals surface area contributed by atoms with Gasteiger partial charge in [0.1, 0.15) is 5.76 Å². The van der Waals surface area contributed by atoms with Crippen LogP contribution >= 0.6 is 0 Å². The van der Waals surface area contributed by atoms with Crippen LogP contribution in [0.3, 0.4) is 0 Å². The number of nitrogens with one attached hydrogen (secondary N) is 1. The lowest BCUT2D eigenvalue weighted by molar-refractivity contribution is -0.136. The van der Waals surface area contributed by atoms with Gasteiger partial charge >= 0.3 is 0 Å². The molecule has 6 heteroatoms. The van der Waals surface area contributed by atoms with E-state index in [1.807, 2.05) is 36.0 Å². The second kappa shape index (κ2) is 7.38. The number of carbonyl (C=O) groups is 2. The normalized spacial score (nSPS) is 22.5. The van der Waals surface area contributed by atoms with Gasteiger partial charge < -0.3 is 14.6 Å². The molecule has 1 aliphatic carbocycles. The first kappa shape index (κ1) is 17.0. The Bertz CT molecular complexity index is 566. The van der Waals surface area contributed by atoms with Crippen LogP contribution in [0.25, 0.3) is 0 Å². The SMILES string of the molecule is CN(C)[C@H](CNC(=O)[C@H]1CCCN(C(=O)C2CC2)C1)c1ccco1. The summed E-state index contributed by atoms with van der Waals surface area (Å²) in [6.45, 7) is 1.87. The summed E-state index contributed by atoms with van der Waals surface area (Å²) in [7, 11) is 3.94. The molecule has 0 unspecified atom stereocenters. The Hall–Kier alpha value is -1.82. The third-order valence-corrected chi connectivity index (χ3v) is 5.00. The summed E-state index contributed by atoms with van der Waals surface area (Å²) >= 11 is 0. The second-order valence-electron chi connectivity index (χ2n) is 7.14. The standard InChI is InChI=1S/C18H27N3O3/c1-20(2)15(16-6-4-10-24-16)11-19-17(22)14-5-3-9-21(12-14)18(23)13-7-8-13/h4,6,10,13-15H,3,5,7-9,11-12H2,1-2H3,(H,19,22)/t14-,15+/m0/s1. The lowest BCUT2D eigenvalue weighted by Gasteiger charge is -2.32. The van der Waals surface area contributed by atoms with Gasteiger partial charge in [0, 0.05) is 25.6 Å². The van der Waals surface area contributed by atoms with Gasteiger partial charge in [0.2, 0.25) is 11.8 Å². The molecule has 6 nitrogen and oxygen atoms in total. The number of carbonyl (C=O) groups excluding carboxylic acids is 2. The lowest BCUT2D eigenvalue weighted by atomic mass is 9.96. The zero-order valence-corrected chi connectivity index (χ0v) is 14.5. The molecule has 2 amide bonds. The summed E-state index contributed by atoms with van der Waals surface area (Å²) < 4.78 is 5.47. The molecular formula is C18H27N3O3. The van der Waals surface area contributed by atoms with Crippen molar-refractivity contribution in [2.24, 2.45) is 11.8 Å². The number of likely N-dealkylation sites (N-methyl/N-ethyl adjacent to an activating group) is 1. The number of piperidine rings is 1. The predicted octanol–water partition coefficient (Wildman–Crippen LogP) is 1.65. The van der Waals surface area contributed by atoms with E-state index in [4.69, 9.17) is 4.42 Å². The van der Waals surface area contributed by atoms with Crippen LogP contribution in [0.4, 0.5) is 0 Å². The first-order chi connectivity index (χ1) is 11.6. The molecule has 1 aliphatic heterocycles. The van der Waals surface area contributed by atoms with E-state index >= 15 is 0 Å². The summed E-state index contributed by atoms with van der Waals surface area (Å²) in [4.78, 5) is 28.7. The number of nitrogens with zero attached hydrogens (tertiary/aromatic N) is 2. The molecule has 0 spiro atoms. The Kier molecular flexibility index (Phi) is 5.23. The Morgan fingerprint density at radius 2 is 2.12 bits per heavy atom. The zero-order chi connectivity index (χ0) is 17.1. The third kappa shape index (κ3) is 3.98. The molecule has 2 aliphatic rings. The fourth-order valence-electron chi connectivity index (χ4n) is 3.34. The maximum absolute atomic E-state index is 12.6. The highest BCUT2D eigenvalue weighted by molar-refractivity contribution is 5.83. The summed E-state index contributed by atoms with van der Waals surface area (Å²) in [6.07, 6.45) is 5.44. The number of likely N-dealkylation sites (tertiary alicyclic amines) is 1. The van der Waals surface area contributed by atoms with Gasteiger partial charge in [-0.15, -0.1) is 0 Å². The molecule has 1 saturated carbocycles. The van der Waals surface area contributed by atoms with Gasteiger partial charge in [0.15, 0.2) is 0 Å². The van der Waals surface area contributed by atoms with Crippen molar-refractivity contribution in [2.45, 2.75) is 31.7 Å². The van der Waals surface area contributed by atoms with E-state index in [0.29, 0.717) is 13.1 Å². The molecular weight excluding hydrogens is 306 g/mol. The van der Waals surface area contributed by atoms with Crippen molar-refractivity contribution in [3.63, 3.8) is 0 Å². The Balaban J connectivity index is 1.53. The van der Waals surface area contributed by atoms with Gasteiger partial charge in [0.25, 0.3) is 0 Å². The van der Waals surface area contributed by atoms with Crippen molar-refractivity contribution in [2.75, 3.05) is 33.7 Å². The summed E-state index contributed by atoms with van der Waals surface area (Å²) in [6, 6.07) is 3.79. The molecule has 2 atom stereocenters. The minimum absolute atomic E-state index is 0.0109. The molecule has 2 heterocycles. The second-order valence-corrected chi connectivity index (χ2v) is 7.14. The lowest BCUT2D eigenvalue weighted by Crippen LogP contribution is -2.47. The smallest absolute Gasteiger partial charge is 0.225 e. The molecule has 1 aromatic rings. The van der Waals surface area contributed by atoms with E-state index < -0.39 is 0 Å². The molecule has 1 N–H and O–H groups in total. The molecule has 1 aromatic heterocycles. The van der Waals surface area contributed by atoms with E-state index in [1.165, 1.54) is 0 Å². The van der Waals surface area contributed by atoms with E-state index in [1.54, 1.807) is 6.26 Å². The van der Waals surface area contributed by atoms with E-state index in [0.717, 1.165) is 38.0 Å². The maximum Gasteiger partial charge on any atom is 0.225 e. The van der Waals surface area contributed by atoms with Gasteiger partial charge in [-0.25, -0.2) is 0 Å². The highest BCUT2D eigenvalue weighted by Gasteiger charge is 2.36. The monoisotopic (exact) mass is 333 g/mol. The number of furan rings is 1. The average molecular weight is 333 g/mol. The summed E-state index contributed by atoms with van der Waals surface area (Å²) in [5.74, 6) is 1.26. The Morgan fingerprint density at radius 1 is 1.33 bits per heavy atom. The fraction of sp³-hybridized carbons (Fsp3) is 0.667. The van der Waals surface area contributed by atoms with Crippen molar-refractivity contribution in [3.8, 4) is 0 Å². The molecule has 0 radical (unpaired) electrons. The van der Waals surface area contributed by atoms with Crippen LogP contribution in [0.1, 0.15) is 37.5 Å². The molecule has 2 fully saturated rings. The first-order valence-electron chi connectivity index (χ1n) is 8.82. The van der Waals surface area contributed by atoms with Crippen LogP contribution in [0, 0.1) is 11.8 Å². The maximum atomic E-state index is 12.6. The van der Waals surface area contributed by atoms with Crippen molar-refractivity contribution >= 4 is 11.8 Å². The van der Waals surface area contributed by atoms with Crippen molar-refractivity contribution in [1.29, 1.82) is 0 Å². The Labute approximate surface area is 143 Å². The highest BCUT2D eigenvalue weighted by atomic mass is 16.3. The minimum Gasteiger partial charge on any atom is -0.468 e. The van der Waals surface area contributed by atoms with E-state index in [2.05, 4.69) is 5.32 Å². The van der Waals surface area contributed by atoms with Gasteiger partial charge in [-0.3, -0.25) is 14.5 Å². The molecule has 0 bridgehead atoms. The van der Waals surface area contributed by atoms with Crippen molar-refractivity contribution in [3.05, 3.63) is 24.2 Å². The van der Waals surface area contributed by atoms with Crippen LogP contribution in [-0.4, -0.2) is 55.3 Å². The Morgan fingerprint density at radius 3 is 2.75 bits per heavy atom. The first-order valence-corrected chi connectivity index (χ1v) is 8.82. The van der Waals surface area contributed by atoms with Crippen molar-refractivity contribution in [1.82, 2.24) is 15.1 Å². The average Bonchev–Trinajstić information content (AvgIpc) is 3.30. The quantitative estimate of drug-likeness (QED) is 0.860. The molecule has 132 valence electrons. The van der Waals surface area contributed by atoms with E-state index in [9.17, 15) is 9.59 Å². The molecule has 3 rings (SSSR count). The van der Waals surface area contributed by atoms with Gasteiger partial charge in [-0.1, -0.05) is 0 Å². The summed E-state index contributed by atoms with van der Waals surface area (Å²) in [5, 5.41) is 3.05. The van der Waals surface area contributed by atoms with Crippen LogP contribution in [0.2, 0.25) is 0 Å². The zero-order valence-electron chi connectivity index (χ0n) is 14.5. The van der Waals surface area contributed by atoms with Crippen LogP contribution < -0.4 is 5.32 Å². The molecule has 1 saturated heterocycles. The third-order valence-electron chi connectivity index (χ3n) is 5.00. The van der Waals surface area contributed by atoms with Gasteiger partial charge in [-0.05, 0) is 51.9 Å².